The fraction of sp³-hybridized carbons (Fsp3) is 0.591. The molecule has 0 unspecified atom stereocenters. The number of primary amides is 1. The highest BCUT2D eigenvalue weighted by Gasteiger charge is 2.54. The van der Waals surface area contributed by atoms with Crippen LogP contribution in [0.5, 0.6) is 5.75 Å². The molecule has 4 aliphatic rings. The maximum absolute atomic E-state index is 12.9. The topological polar surface area (TPSA) is 108 Å². The summed E-state index contributed by atoms with van der Waals surface area (Å²) in [6.45, 7) is -0.252. The first kappa shape index (κ1) is 19.7. The number of hydrogen-bond donors (Lipinski definition) is 2. The summed E-state index contributed by atoms with van der Waals surface area (Å²) in [5, 5.41) is 2.83. The van der Waals surface area contributed by atoms with Crippen molar-refractivity contribution in [3.05, 3.63) is 29.8 Å². The molecule has 0 aromatic heterocycles. The van der Waals surface area contributed by atoms with Gasteiger partial charge < -0.3 is 20.5 Å². The Hall–Kier alpha value is -2.57. The Balaban J connectivity index is 1.24. The van der Waals surface area contributed by atoms with Crippen LogP contribution in [0.2, 0.25) is 0 Å². The molecule has 4 fully saturated rings. The molecule has 0 atom stereocenters. The molecule has 7 heteroatoms. The third-order valence-electron chi connectivity index (χ3n) is 6.59. The first-order chi connectivity index (χ1) is 13.9. The second-order valence-electron chi connectivity index (χ2n) is 8.94. The standard InChI is InChI=1S/C22H28N2O5/c23-19(25)13-28-18-3-1-2-14(7-18)12-29-20(26)11-24-21(27)22-8-15-4-16(9-22)6-17(5-15)10-22/h1-3,7,15-17H,4-6,8-13H2,(H2,23,25)(H,24,27). The van der Waals surface area contributed by atoms with Gasteiger partial charge in [0.05, 0.1) is 0 Å². The van der Waals surface area contributed by atoms with Crippen molar-refractivity contribution in [3.63, 3.8) is 0 Å². The van der Waals surface area contributed by atoms with Gasteiger partial charge >= 0.3 is 5.97 Å². The van der Waals surface area contributed by atoms with Gasteiger partial charge in [0.1, 0.15) is 18.9 Å². The van der Waals surface area contributed by atoms with E-state index in [1.54, 1.807) is 24.3 Å². The van der Waals surface area contributed by atoms with Crippen molar-refractivity contribution in [2.45, 2.75) is 45.1 Å². The van der Waals surface area contributed by atoms with E-state index in [2.05, 4.69) is 5.32 Å². The third kappa shape index (κ3) is 4.54. The molecule has 0 aliphatic heterocycles. The number of nitrogens with two attached hydrogens (primary N) is 1. The van der Waals surface area contributed by atoms with Crippen molar-refractivity contribution in [1.29, 1.82) is 0 Å². The Morgan fingerprint density at radius 1 is 1.07 bits per heavy atom. The lowest BCUT2D eigenvalue weighted by atomic mass is 9.49. The molecular weight excluding hydrogens is 372 g/mol. The smallest absolute Gasteiger partial charge is 0.325 e. The van der Waals surface area contributed by atoms with Gasteiger partial charge in [-0.3, -0.25) is 14.4 Å². The van der Waals surface area contributed by atoms with Crippen LogP contribution in [0.3, 0.4) is 0 Å². The van der Waals surface area contributed by atoms with Crippen LogP contribution in [0.15, 0.2) is 24.3 Å². The zero-order chi connectivity index (χ0) is 20.4. The Bertz CT molecular complexity index is 771. The average molecular weight is 400 g/mol. The van der Waals surface area contributed by atoms with Gasteiger partial charge in [0.15, 0.2) is 6.61 Å². The highest BCUT2D eigenvalue weighted by molar-refractivity contribution is 5.86. The van der Waals surface area contributed by atoms with Crippen molar-refractivity contribution in [3.8, 4) is 5.75 Å². The lowest BCUT2D eigenvalue weighted by Crippen LogP contribution is -2.54. The number of nitrogens with one attached hydrogen (secondary N) is 1. The lowest BCUT2D eigenvalue weighted by molar-refractivity contribution is -0.151. The number of carbonyl (C=O) groups excluding carboxylic acids is 3. The van der Waals surface area contributed by atoms with Crippen LogP contribution < -0.4 is 15.8 Å². The predicted molar refractivity (Wildman–Crippen MR) is 105 cm³/mol. The van der Waals surface area contributed by atoms with Crippen molar-refractivity contribution >= 4 is 17.8 Å². The Kier molecular flexibility index (Phi) is 5.48. The van der Waals surface area contributed by atoms with E-state index < -0.39 is 11.9 Å². The van der Waals surface area contributed by atoms with Crippen LogP contribution >= 0.6 is 0 Å². The molecule has 0 spiro atoms. The molecule has 5 rings (SSSR count). The van der Waals surface area contributed by atoms with Crippen LogP contribution in [-0.2, 0) is 25.7 Å². The Labute approximate surface area is 170 Å². The first-order valence-electron chi connectivity index (χ1n) is 10.4. The second-order valence-corrected chi connectivity index (χ2v) is 8.94. The minimum absolute atomic E-state index is 0.0235. The number of carbonyl (C=O) groups is 3. The third-order valence-corrected chi connectivity index (χ3v) is 6.59. The monoisotopic (exact) mass is 400 g/mol. The van der Waals surface area contributed by atoms with Gasteiger partial charge in [-0.15, -0.1) is 0 Å². The van der Waals surface area contributed by atoms with Crippen LogP contribution in [0, 0.1) is 23.2 Å². The summed E-state index contributed by atoms with van der Waals surface area (Å²) in [7, 11) is 0. The summed E-state index contributed by atoms with van der Waals surface area (Å²) in [5.74, 6) is 1.53. The van der Waals surface area contributed by atoms with Gasteiger partial charge in [-0.25, -0.2) is 0 Å². The fourth-order valence-corrected chi connectivity index (χ4v) is 5.82. The number of amides is 2. The van der Waals surface area contributed by atoms with Crippen LogP contribution in [-0.4, -0.2) is 30.9 Å². The molecule has 0 heterocycles. The van der Waals surface area contributed by atoms with Crippen LogP contribution in [0.4, 0.5) is 0 Å². The SMILES string of the molecule is NC(=O)COc1cccc(COC(=O)CNC(=O)C23CC4CC(CC(C4)C2)C3)c1. The Morgan fingerprint density at radius 3 is 2.34 bits per heavy atom. The zero-order valence-electron chi connectivity index (χ0n) is 16.5. The number of esters is 1. The molecule has 4 aliphatic carbocycles. The van der Waals surface area contributed by atoms with Gasteiger partial charge in [-0.05, 0) is 74.0 Å². The average Bonchev–Trinajstić information content (AvgIpc) is 2.68. The van der Waals surface area contributed by atoms with Crippen molar-refractivity contribution in [2.75, 3.05) is 13.2 Å². The predicted octanol–water partition coefficient (Wildman–Crippen LogP) is 1.93. The van der Waals surface area contributed by atoms with E-state index in [4.69, 9.17) is 15.2 Å². The summed E-state index contributed by atoms with van der Waals surface area (Å²) >= 11 is 0. The highest BCUT2D eigenvalue weighted by atomic mass is 16.5. The Morgan fingerprint density at radius 2 is 1.72 bits per heavy atom. The van der Waals surface area contributed by atoms with Crippen molar-refractivity contribution in [1.82, 2.24) is 5.32 Å². The zero-order valence-corrected chi connectivity index (χ0v) is 16.5. The van der Waals surface area contributed by atoms with Gasteiger partial charge in [-0.2, -0.15) is 0 Å². The number of ether oxygens (including phenoxy) is 2. The van der Waals surface area contributed by atoms with E-state index in [1.165, 1.54) is 19.3 Å². The lowest BCUT2D eigenvalue weighted by Gasteiger charge is -2.55. The summed E-state index contributed by atoms with van der Waals surface area (Å²) in [4.78, 5) is 35.8. The molecular formula is C22H28N2O5. The van der Waals surface area contributed by atoms with Gasteiger partial charge in [0.25, 0.3) is 5.91 Å². The van der Waals surface area contributed by atoms with E-state index in [0.29, 0.717) is 23.5 Å². The number of hydrogen-bond acceptors (Lipinski definition) is 5. The first-order valence-corrected chi connectivity index (χ1v) is 10.4. The van der Waals surface area contributed by atoms with Crippen molar-refractivity contribution in [2.24, 2.45) is 28.9 Å². The van der Waals surface area contributed by atoms with Gasteiger partial charge in [0.2, 0.25) is 5.91 Å². The quantitative estimate of drug-likeness (QED) is 0.648. The van der Waals surface area contributed by atoms with E-state index >= 15 is 0 Å². The van der Waals surface area contributed by atoms with E-state index in [9.17, 15) is 14.4 Å². The molecule has 1 aromatic carbocycles. The minimum atomic E-state index is -0.559. The van der Waals surface area contributed by atoms with E-state index in [0.717, 1.165) is 24.8 Å². The summed E-state index contributed by atoms with van der Waals surface area (Å²) in [5.41, 5.74) is 5.53. The molecule has 7 nitrogen and oxygen atoms in total. The second kappa shape index (κ2) is 8.05. The summed E-state index contributed by atoms with van der Waals surface area (Å²) in [6, 6.07) is 6.91. The minimum Gasteiger partial charge on any atom is -0.484 e. The van der Waals surface area contributed by atoms with E-state index in [1.807, 2.05) is 0 Å². The molecule has 3 N–H and O–H groups in total. The molecule has 2 amide bonds. The van der Waals surface area contributed by atoms with Gasteiger partial charge in [0, 0.05) is 5.41 Å². The van der Waals surface area contributed by atoms with E-state index in [-0.39, 0.29) is 31.1 Å². The largest absolute Gasteiger partial charge is 0.484 e. The summed E-state index contributed by atoms with van der Waals surface area (Å²) in [6.07, 6.45) is 6.73. The molecule has 156 valence electrons. The maximum Gasteiger partial charge on any atom is 0.325 e. The van der Waals surface area contributed by atoms with Crippen LogP contribution in [0.1, 0.15) is 44.1 Å². The number of rotatable bonds is 8. The molecule has 29 heavy (non-hydrogen) atoms. The fourth-order valence-electron chi connectivity index (χ4n) is 5.82. The molecule has 4 bridgehead atoms. The summed E-state index contributed by atoms with van der Waals surface area (Å²) < 4.78 is 10.5. The molecule has 4 saturated carbocycles. The number of benzene rings is 1. The normalized spacial score (nSPS) is 29.3. The van der Waals surface area contributed by atoms with Crippen molar-refractivity contribution < 1.29 is 23.9 Å². The van der Waals surface area contributed by atoms with Crippen LogP contribution in [0.25, 0.3) is 0 Å². The maximum atomic E-state index is 12.9. The van der Waals surface area contributed by atoms with Gasteiger partial charge in [-0.1, -0.05) is 12.1 Å². The molecule has 0 radical (unpaired) electrons. The highest BCUT2D eigenvalue weighted by Crippen LogP contribution is 2.60. The molecule has 0 saturated heterocycles. The molecule has 1 aromatic rings.